The molecule has 4 nitrogen and oxygen atoms in total. The Labute approximate surface area is 84.4 Å². The van der Waals surface area contributed by atoms with Crippen molar-refractivity contribution in [2.24, 2.45) is 5.73 Å². The summed E-state index contributed by atoms with van der Waals surface area (Å²) < 4.78 is 4.67. The Kier molecular flexibility index (Phi) is 12.2. The van der Waals surface area contributed by atoms with Crippen LogP contribution in [0, 0.1) is 0 Å². The highest BCUT2D eigenvalue weighted by Gasteiger charge is 1.91. The lowest BCUT2D eigenvalue weighted by molar-refractivity contribution is -0.137. The fourth-order valence-corrected chi connectivity index (χ4v) is 0.376. The maximum absolute atomic E-state index is 10.3. The predicted octanol–water partition coefficient (Wildman–Crippen LogP) is 1.17. The molecule has 0 unspecified atom stereocenters. The monoisotopic (exact) mass is 199 g/mol. The number of rotatable bonds is 5. The average molecular weight is 199 g/mol. The molecule has 0 saturated heterocycles. The molecule has 0 aromatic rings. The number of nitrogens with two attached hydrogens (primary N) is 1. The lowest BCUT2D eigenvalue weighted by Gasteiger charge is -1.97. The number of carbonyl (C=O) groups is 2. The molecule has 0 rings (SSSR count). The first-order chi connectivity index (χ1) is 6.58. The summed E-state index contributed by atoms with van der Waals surface area (Å²) in [5.41, 5.74) is 4.53. The number of hydrogen-bond donors (Lipinski definition) is 1. The van der Waals surface area contributed by atoms with E-state index in [-0.39, 0.29) is 5.97 Å². The second kappa shape index (κ2) is 11.4. The van der Waals surface area contributed by atoms with Gasteiger partial charge in [0.1, 0.15) is 0 Å². The van der Waals surface area contributed by atoms with Gasteiger partial charge < -0.3 is 10.5 Å². The summed E-state index contributed by atoms with van der Waals surface area (Å²) in [7, 11) is 0. The smallest absolute Gasteiger partial charge is 0.330 e. The third kappa shape index (κ3) is 16.8. The van der Waals surface area contributed by atoms with E-state index in [1.807, 2.05) is 6.92 Å². The number of primary amides is 1. The van der Waals surface area contributed by atoms with Crippen LogP contribution in [0.1, 0.15) is 19.8 Å². The molecular formula is C10H17NO3. The summed E-state index contributed by atoms with van der Waals surface area (Å²) in [4.78, 5) is 19.8. The molecule has 0 bridgehead atoms. The fraction of sp³-hybridized carbons (Fsp3) is 0.400. The van der Waals surface area contributed by atoms with Gasteiger partial charge in [-0.1, -0.05) is 26.5 Å². The maximum Gasteiger partial charge on any atom is 0.330 e. The van der Waals surface area contributed by atoms with Gasteiger partial charge in [-0.05, 0) is 12.5 Å². The van der Waals surface area contributed by atoms with Crippen molar-refractivity contribution in [2.75, 3.05) is 6.61 Å². The van der Waals surface area contributed by atoms with E-state index in [4.69, 9.17) is 0 Å². The topological polar surface area (TPSA) is 69.4 Å². The SMILES string of the molecule is C=CC(=O)OCCCC.C=CC(N)=O. The van der Waals surface area contributed by atoms with Crippen molar-refractivity contribution in [1.82, 2.24) is 0 Å². The van der Waals surface area contributed by atoms with Crippen LogP contribution in [0.5, 0.6) is 0 Å². The van der Waals surface area contributed by atoms with Crippen molar-refractivity contribution in [3.8, 4) is 0 Å². The van der Waals surface area contributed by atoms with Crippen LogP contribution in [0.15, 0.2) is 25.3 Å². The lowest BCUT2D eigenvalue weighted by atomic mass is 10.4. The second-order valence-corrected chi connectivity index (χ2v) is 2.33. The number of amides is 1. The summed E-state index contributed by atoms with van der Waals surface area (Å²) in [5.74, 6) is -0.812. The second-order valence-electron chi connectivity index (χ2n) is 2.33. The molecule has 0 aliphatic heterocycles. The Morgan fingerprint density at radius 1 is 1.36 bits per heavy atom. The standard InChI is InChI=1S/C7H12O2.C3H5NO/c1-3-5-6-9-7(8)4-2;1-2-3(4)5/h4H,2-3,5-6H2,1H3;2H,1H2,(H2,4,5). The molecular weight excluding hydrogens is 182 g/mol. The minimum atomic E-state index is -0.481. The molecule has 0 spiro atoms. The van der Waals surface area contributed by atoms with Gasteiger partial charge in [0.2, 0.25) is 5.91 Å². The third-order valence-corrected chi connectivity index (χ3v) is 1.11. The van der Waals surface area contributed by atoms with E-state index in [1.165, 1.54) is 6.08 Å². The zero-order valence-electron chi connectivity index (χ0n) is 8.49. The molecule has 4 heteroatoms. The zero-order chi connectivity index (χ0) is 11.4. The summed E-state index contributed by atoms with van der Waals surface area (Å²) >= 11 is 0. The summed E-state index contributed by atoms with van der Waals surface area (Å²) in [6, 6.07) is 0. The van der Waals surface area contributed by atoms with E-state index >= 15 is 0 Å². The van der Waals surface area contributed by atoms with Gasteiger partial charge in [0, 0.05) is 6.08 Å². The van der Waals surface area contributed by atoms with E-state index in [1.54, 1.807) is 0 Å². The van der Waals surface area contributed by atoms with Crippen molar-refractivity contribution in [2.45, 2.75) is 19.8 Å². The van der Waals surface area contributed by atoms with Gasteiger partial charge in [-0.25, -0.2) is 4.79 Å². The number of esters is 1. The maximum atomic E-state index is 10.3. The van der Waals surface area contributed by atoms with Crippen LogP contribution in [0.25, 0.3) is 0 Å². The number of unbranched alkanes of at least 4 members (excludes halogenated alkanes) is 1. The minimum Gasteiger partial charge on any atom is -0.463 e. The van der Waals surface area contributed by atoms with Crippen molar-refractivity contribution < 1.29 is 14.3 Å². The third-order valence-electron chi connectivity index (χ3n) is 1.11. The Morgan fingerprint density at radius 3 is 2.14 bits per heavy atom. The Bertz CT molecular complexity index is 200. The first-order valence-corrected chi connectivity index (χ1v) is 4.29. The van der Waals surface area contributed by atoms with Gasteiger partial charge >= 0.3 is 5.97 Å². The van der Waals surface area contributed by atoms with Gasteiger partial charge in [0.25, 0.3) is 0 Å². The molecule has 0 saturated carbocycles. The van der Waals surface area contributed by atoms with E-state index in [0.717, 1.165) is 18.9 Å². The highest BCUT2D eigenvalue weighted by Crippen LogP contribution is 1.88. The van der Waals surface area contributed by atoms with Gasteiger partial charge in [-0.15, -0.1) is 0 Å². The van der Waals surface area contributed by atoms with Crippen LogP contribution >= 0.6 is 0 Å². The van der Waals surface area contributed by atoms with Gasteiger partial charge in [-0.2, -0.15) is 0 Å². The van der Waals surface area contributed by atoms with Crippen LogP contribution in [-0.2, 0) is 14.3 Å². The minimum absolute atomic E-state index is 0.330. The molecule has 0 aliphatic rings. The Morgan fingerprint density at radius 2 is 1.86 bits per heavy atom. The first kappa shape index (κ1) is 14.9. The molecule has 1 amide bonds. The van der Waals surface area contributed by atoms with Crippen molar-refractivity contribution >= 4 is 11.9 Å². The van der Waals surface area contributed by atoms with Gasteiger partial charge in [0.05, 0.1) is 6.61 Å². The molecule has 0 aromatic heterocycles. The molecule has 0 aromatic carbocycles. The van der Waals surface area contributed by atoms with Crippen LogP contribution in [0.4, 0.5) is 0 Å². The van der Waals surface area contributed by atoms with Crippen LogP contribution in [0.3, 0.4) is 0 Å². The lowest BCUT2D eigenvalue weighted by Crippen LogP contribution is -2.04. The molecule has 80 valence electrons. The average Bonchev–Trinajstić information content (AvgIpc) is 2.19. The predicted molar refractivity (Wildman–Crippen MR) is 55.5 cm³/mol. The molecule has 2 N–H and O–H groups in total. The van der Waals surface area contributed by atoms with E-state index in [2.05, 4.69) is 23.6 Å². The number of ether oxygens (including phenoxy) is 1. The highest BCUT2D eigenvalue weighted by atomic mass is 16.5. The van der Waals surface area contributed by atoms with E-state index < -0.39 is 5.91 Å². The fourth-order valence-electron chi connectivity index (χ4n) is 0.376. The van der Waals surface area contributed by atoms with Crippen LogP contribution in [-0.4, -0.2) is 18.5 Å². The summed E-state index contributed by atoms with van der Waals surface area (Å²) in [6.07, 6.45) is 4.21. The zero-order valence-corrected chi connectivity index (χ0v) is 8.49. The van der Waals surface area contributed by atoms with Gasteiger partial charge in [0.15, 0.2) is 0 Å². The quantitative estimate of drug-likeness (QED) is 0.410. The molecule has 0 atom stereocenters. The highest BCUT2D eigenvalue weighted by molar-refractivity contribution is 5.85. The van der Waals surface area contributed by atoms with Crippen LogP contribution in [0.2, 0.25) is 0 Å². The summed E-state index contributed by atoms with van der Waals surface area (Å²) in [6.45, 7) is 8.91. The molecule has 0 fully saturated rings. The van der Waals surface area contributed by atoms with E-state index in [0.29, 0.717) is 6.61 Å². The number of hydrogen-bond acceptors (Lipinski definition) is 3. The van der Waals surface area contributed by atoms with Crippen molar-refractivity contribution in [3.63, 3.8) is 0 Å². The van der Waals surface area contributed by atoms with Crippen molar-refractivity contribution in [3.05, 3.63) is 25.3 Å². The Balaban J connectivity index is 0. The normalized spacial score (nSPS) is 7.79. The molecule has 0 aliphatic carbocycles. The number of carbonyl (C=O) groups excluding carboxylic acids is 2. The van der Waals surface area contributed by atoms with Crippen molar-refractivity contribution in [1.29, 1.82) is 0 Å². The van der Waals surface area contributed by atoms with E-state index in [9.17, 15) is 9.59 Å². The Hall–Kier alpha value is -1.58. The summed E-state index contributed by atoms with van der Waals surface area (Å²) in [5, 5.41) is 0. The molecule has 0 radical (unpaired) electrons. The first-order valence-electron chi connectivity index (χ1n) is 4.29. The van der Waals surface area contributed by atoms with Gasteiger partial charge in [-0.3, -0.25) is 4.79 Å². The van der Waals surface area contributed by atoms with Crippen LogP contribution < -0.4 is 5.73 Å². The molecule has 0 heterocycles. The largest absolute Gasteiger partial charge is 0.463 e. The molecule has 14 heavy (non-hydrogen) atoms.